The number of imide groups is 1. The van der Waals surface area contributed by atoms with Gasteiger partial charge in [-0.25, -0.2) is 4.79 Å². The lowest BCUT2D eigenvalue weighted by Crippen LogP contribution is -2.51. The molecule has 0 radical (unpaired) electrons. The van der Waals surface area contributed by atoms with Crippen molar-refractivity contribution < 1.29 is 14.4 Å². The summed E-state index contributed by atoms with van der Waals surface area (Å²) in [5.41, 5.74) is 2.00. The van der Waals surface area contributed by atoms with Crippen LogP contribution in [0.25, 0.3) is 10.8 Å². The molecular formula is C28H30N4O3. The van der Waals surface area contributed by atoms with E-state index in [4.69, 9.17) is 0 Å². The van der Waals surface area contributed by atoms with E-state index in [2.05, 4.69) is 41.4 Å². The van der Waals surface area contributed by atoms with Crippen molar-refractivity contribution in [1.29, 1.82) is 0 Å². The van der Waals surface area contributed by atoms with Gasteiger partial charge >= 0.3 is 6.03 Å². The number of rotatable bonds is 5. The highest BCUT2D eigenvalue weighted by Crippen LogP contribution is 2.31. The molecule has 0 aliphatic carbocycles. The third-order valence-electron chi connectivity index (χ3n) is 7.11. The molecule has 1 atom stereocenters. The summed E-state index contributed by atoms with van der Waals surface area (Å²) >= 11 is 0. The van der Waals surface area contributed by atoms with Gasteiger partial charge in [-0.1, -0.05) is 66.2 Å². The zero-order chi connectivity index (χ0) is 24.6. The van der Waals surface area contributed by atoms with E-state index in [0.29, 0.717) is 18.7 Å². The van der Waals surface area contributed by atoms with Crippen molar-refractivity contribution in [3.8, 4) is 0 Å². The topological polar surface area (TPSA) is 73.0 Å². The average Bonchev–Trinajstić information content (AvgIpc) is 3.08. The van der Waals surface area contributed by atoms with Crippen LogP contribution >= 0.6 is 0 Å². The Hall–Kier alpha value is -3.71. The van der Waals surface area contributed by atoms with Gasteiger partial charge in [-0.2, -0.15) is 0 Å². The van der Waals surface area contributed by atoms with E-state index >= 15 is 0 Å². The monoisotopic (exact) mass is 470 g/mol. The maximum absolute atomic E-state index is 13.3. The number of carbonyl (C=O) groups is 3. The van der Waals surface area contributed by atoms with Crippen LogP contribution in [0.4, 0.5) is 4.79 Å². The van der Waals surface area contributed by atoms with E-state index in [9.17, 15) is 14.4 Å². The van der Waals surface area contributed by atoms with Gasteiger partial charge in [-0.3, -0.25) is 19.4 Å². The quantitative estimate of drug-likeness (QED) is 0.581. The predicted octanol–water partition coefficient (Wildman–Crippen LogP) is 3.26. The molecule has 1 N–H and O–H groups in total. The first kappa shape index (κ1) is 23.1. The predicted molar refractivity (Wildman–Crippen MR) is 135 cm³/mol. The largest absolute Gasteiger partial charge is 0.339 e. The number of benzene rings is 3. The van der Waals surface area contributed by atoms with Crippen LogP contribution in [0, 0.1) is 6.92 Å². The molecule has 3 aromatic carbocycles. The zero-order valence-electron chi connectivity index (χ0n) is 20.2. The van der Waals surface area contributed by atoms with Gasteiger partial charge in [0.15, 0.2) is 0 Å². The summed E-state index contributed by atoms with van der Waals surface area (Å²) in [5.74, 6) is -0.601. The second-order valence-corrected chi connectivity index (χ2v) is 9.65. The molecule has 4 amide bonds. The van der Waals surface area contributed by atoms with Crippen molar-refractivity contribution in [1.82, 2.24) is 20.0 Å². The van der Waals surface area contributed by atoms with E-state index in [1.165, 1.54) is 11.1 Å². The Kier molecular flexibility index (Phi) is 6.03. The maximum Gasteiger partial charge on any atom is 0.325 e. The van der Waals surface area contributed by atoms with Gasteiger partial charge in [0.05, 0.1) is 0 Å². The first-order chi connectivity index (χ1) is 16.8. The van der Waals surface area contributed by atoms with Gasteiger partial charge in [0.2, 0.25) is 5.91 Å². The third kappa shape index (κ3) is 4.51. The van der Waals surface area contributed by atoms with E-state index in [0.717, 1.165) is 35.3 Å². The molecule has 2 heterocycles. The minimum Gasteiger partial charge on any atom is -0.339 e. The minimum absolute atomic E-state index is 0.202. The van der Waals surface area contributed by atoms with E-state index in [1.807, 2.05) is 42.5 Å². The van der Waals surface area contributed by atoms with Crippen molar-refractivity contribution >= 4 is 28.6 Å². The molecule has 7 nitrogen and oxygen atoms in total. The molecule has 0 saturated carbocycles. The van der Waals surface area contributed by atoms with Crippen molar-refractivity contribution in [2.75, 3.05) is 32.7 Å². The van der Waals surface area contributed by atoms with Crippen LogP contribution in [0.15, 0.2) is 66.7 Å². The minimum atomic E-state index is -1.20. The number of fused-ring (bicyclic) bond motifs is 1. The number of amides is 4. The molecular weight excluding hydrogens is 440 g/mol. The van der Waals surface area contributed by atoms with Crippen LogP contribution in [0.5, 0.6) is 0 Å². The summed E-state index contributed by atoms with van der Waals surface area (Å²) < 4.78 is 0. The summed E-state index contributed by atoms with van der Waals surface area (Å²) in [5, 5.41) is 4.87. The molecule has 0 bridgehead atoms. The number of carbonyl (C=O) groups excluding carboxylic acids is 3. The van der Waals surface area contributed by atoms with Gasteiger partial charge < -0.3 is 10.2 Å². The van der Waals surface area contributed by atoms with Crippen molar-refractivity contribution in [3.63, 3.8) is 0 Å². The van der Waals surface area contributed by atoms with E-state index in [1.54, 1.807) is 11.8 Å². The summed E-state index contributed by atoms with van der Waals surface area (Å²) in [6, 6.07) is 21.5. The number of piperazine rings is 1. The third-order valence-corrected chi connectivity index (χ3v) is 7.11. The molecule has 0 spiro atoms. The fourth-order valence-corrected chi connectivity index (χ4v) is 5.00. The highest BCUT2D eigenvalue weighted by Gasteiger charge is 2.49. The molecule has 35 heavy (non-hydrogen) atoms. The Balaban J connectivity index is 1.22. The highest BCUT2D eigenvalue weighted by molar-refractivity contribution is 6.09. The van der Waals surface area contributed by atoms with Crippen molar-refractivity contribution in [2.45, 2.75) is 25.9 Å². The van der Waals surface area contributed by atoms with Gasteiger partial charge in [-0.15, -0.1) is 0 Å². The maximum atomic E-state index is 13.3. The summed E-state index contributed by atoms with van der Waals surface area (Å²) in [7, 11) is 0. The lowest BCUT2D eigenvalue weighted by atomic mass is 9.90. The second kappa shape index (κ2) is 9.15. The van der Waals surface area contributed by atoms with Gasteiger partial charge in [-0.05, 0) is 41.8 Å². The summed E-state index contributed by atoms with van der Waals surface area (Å²) in [6.45, 7) is 7.06. The first-order valence-corrected chi connectivity index (χ1v) is 12.0. The molecule has 3 aromatic rings. The lowest BCUT2D eigenvalue weighted by Gasteiger charge is -2.35. The molecule has 2 fully saturated rings. The Morgan fingerprint density at radius 1 is 0.914 bits per heavy atom. The van der Waals surface area contributed by atoms with Crippen molar-refractivity contribution in [3.05, 3.63) is 83.4 Å². The van der Waals surface area contributed by atoms with E-state index in [-0.39, 0.29) is 12.5 Å². The van der Waals surface area contributed by atoms with E-state index < -0.39 is 17.5 Å². The fraction of sp³-hybridized carbons (Fsp3) is 0.321. The van der Waals surface area contributed by atoms with Crippen LogP contribution in [-0.2, 0) is 21.7 Å². The standard InChI is InChI=1S/C28H30N4O3/c1-20-6-5-7-21(16-20)18-30-12-14-31(15-13-30)25(33)19-32-26(34)28(2,29-27(32)35)24-11-10-22-8-3-4-9-23(22)17-24/h3-11,16-17H,12-15,18-19H2,1-2H3,(H,29,35)/t28-/m0/s1. The number of nitrogens with one attached hydrogen (secondary N) is 1. The molecule has 7 heteroatoms. The smallest absolute Gasteiger partial charge is 0.325 e. The summed E-state index contributed by atoms with van der Waals surface area (Å²) in [4.78, 5) is 44.2. The van der Waals surface area contributed by atoms with Gasteiger partial charge in [0.1, 0.15) is 12.1 Å². The fourth-order valence-electron chi connectivity index (χ4n) is 5.00. The van der Waals surface area contributed by atoms with Crippen LogP contribution in [0.2, 0.25) is 0 Å². The van der Waals surface area contributed by atoms with Crippen LogP contribution in [-0.4, -0.2) is 65.3 Å². The first-order valence-electron chi connectivity index (χ1n) is 12.0. The molecule has 5 rings (SSSR count). The van der Waals surface area contributed by atoms with Gasteiger partial charge in [0.25, 0.3) is 5.91 Å². The van der Waals surface area contributed by atoms with Crippen LogP contribution in [0.1, 0.15) is 23.6 Å². The van der Waals surface area contributed by atoms with Crippen molar-refractivity contribution in [2.24, 2.45) is 0 Å². The molecule has 2 saturated heterocycles. The highest BCUT2D eigenvalue weighted by atomic mass is 16.2. The molecule has 2 aliphatic rings. The number of aryl methyl sites for hydroxylation is 1. The molecule has 0 unspecified atom stereocenters. The molecule has 0 aromatic heterocycles. The molecule has 2 aliphatic heterocycles. The number of urea groups is 1. The molecule has 180 valence electrons. The number of hydrogen-bond donors (Lipinski definition) is 1. The average molecular weight is 471 g/mol. The van der Waals surface area contributed by atoms with Crippen LogP contribution in [0.3, 0.4) is 0 Å². The summed E-state index contributed by atoms with van der Waals surface area (Å²) in [6.07, 6.45) is 0. The second-order valence-electron chi connectivity index (χ2n) is 9.65. The number of nitrogens with zero attached hydrogens (tertiary/aromatic N) is 3. The Bertz CT molecular complexity index is 1300. The SMILES string of the molecule is Cc1cccc(CN2CCN(C(=O)CN3C(=O)N[C@@](C)(c4ccc5ccccc5c4)C3=O)CC2)c1. The zero-order valence-corrected chi connectivity index (χ0v) is 20.2. The Labute approximate surface area is 205 Å². The number of hydrogen-bond acceptors (Lipinski definition) is 4. The Morgan fingerprint density at radius 2 is 1.66 bits per heavy atom. The lowest BCUT2D eigenvalue weighted by molar-refractivity contribution is -0.139. The normalized spacial score (nSPS) is 21.0. The van der Waals surface area contributed by atoms with Crippen LogP contribution < -0.4 is 5.32 Å². The Morgan fingerprint density at radius 3 is 2.40 bits per heavy atom. The van der Waals surface area contributed by atoms with Gasteiger partial charge in [0, 0.05) is 32.7 Å².